The molecule has 2 N–H and O–H groups in total. The lowest BCUT2D eigenvalue weighted by atomic mass is 10.0. The number of ketones is 1. The lowest BCUT2D eigenvalue weighted by Gasteiger charge is -2.14. The normalized spacial score (nSPS) is 10.6. The molecule has 0 spiro atoms. The second-order valence-corrected chi connectivity index (χ2v) is 6.06. The highest BCUT2D eigenvalue weighted by Crippen LogP contribution is 2.25. The molecule has 0 fully saturated rings. The zero-order valence-electron chi connectivity index (χ0n) is 14.4. The Kier molecular flexibility index (Phi) is 5.99. The Hall–Kier alpha value is -2.98. The zero-order valence-corrected chi connectivity index (χ0v) is 15.2. The highest BCUT2D eigenvalue weighted by molar-refractivity contribution is 6.31. The van der Waals surface area contributed by atoms with E-state index < -0.39 is 0 Å². The summed E-state index contributed by atoms with van der Waals surface area (Å²) in [5, 5.41) is 8.67. The maximum absolute atomic E-state index is 13.1. The van der Waals surface area contributed by atoms with Crippen molar-refractivity contribution >= 4 is 17.4 Å². The molecule has 1 aromatic heterocycles. The molecule has 27 heavy (non-hydrogen) atoms. The van der Waals surface area contributed by atoms with E-state index in [0.29, 0.717) is 33.5 Å². The van der Waals surface area contributed by atoms with Crippen LogP contribution in [0.4, 0.5) is 0 Å². The summed E-state index contributed by atoms with van der Waals surface area (Å²) < 4.78 is 7.10. The number of hydrogen-bond donors (Lipinski definition) is 1. The first-order chi connectivity index (χ1) is 13.2. The smallest absolute Gasteiger partial charge is 0.195 e. The highest BCUT2D eigenvalue weighted by atomic mass is 35.5. The predicted molar refractivity (Wildman–Crippen MR) is 103 cm³/mol. The summed E-state index contributed by atoms with van der Waals surface area (Å²) >= 11 is 6.16. The van der Waals surface area contributed by atoms with E-state index in [-0.39, 0.29) is 25.5 Å². The molecular weight excluding hydrogens is 364 g/mol. The maximum Gasteiger partial charge on any atom is 0.195 e. The van der Waals surface area contributed by atoms with Crippen molar-refractivity contribution in [2.24, 2.45) is 5.73 Å². The van der Waals surface area contributed by atoms with Crippen LogP contribution in [0, 0.1) is 12.3 Å². The van der Waals surface area contributed by atoms with Crippen LogP contribution in [0.5, 0.6) is 0 Å². The van der Waals surface area contributed by atoms with E-state index in [0.717, 1.165) is 0 Å². The lowest BCUT2D eigenvalue weighted by Crippen LogP contribution is -2.14. The molecule has 2 aromatic carbocycles. The van der Waals surface area contributed by atoms with Crippen molar-refractivity contribution in [1.82, 2.24) is 14.8 Å². The molecule has 0 saturated heterocycles. The molecule has 0 unspecified atom stereocenters. The van der Waals surface area contributed by atoms with Crippen LogP contribution in [0.25, 0.3) is 5.69 Å². The molecular formula is C20H17ClN4O2. The third kappa shape index (κ3) is 4.07. The summed E-state index contributed by atoms with van der Waals surface area (Å²) in [6.45, 7) is 0.420. The van der Waals surface area contributed by atoms with Crippen LogP contribution < -0.4 is 5.73 Å². The summed E-state index contributed by atoms with van der Waals surface area (Å²) in [6, 6.07) is 14.0. The van der Waals surface area contributed by atoms with Crippen molar-refractivity contribution in [1.29, 1.82) is 0 Å². The van der Waals surface area contributed by atoms with Gasteiger partial charge in [-0.3, -0.25) is 9.36 Å². The molecule has 1 heterocycles. The lowest BCUT2D eigenvalue weighted by molar-refractivity contribution is 0.103. The number of nitrogens with two attached hydrogens (primary N) is 1. The summed E-state index contributed by atoms with van der Waals surface area (Å²) in [4.78, 5) is 13.1. The maximum atomic E-state index is 13.1. The van der Waals surface area contributed by atoms with Crippen molar-refractivity contribution < 1.29 is 9.53 Å². The van der Waals surface area contributed by atoms with Crippen molar-refractivity contribution in [3.05, 3.63) is 76.3 Å². The van der Waals surface area contributed by atoms with Gasteiger partial charge in [-0.05, 0) is 18.2 Å². The van der Waals surface area contributed by atoms with Gasteiger partial charge in [0.1, 0.15) is 13.2 Å². The number of terminal acetylenes is 1. The Labute approximate surface area is 161 Å². The average Bonchev–Trinajstić information content (AvgIpc) is 3.11. The van der Waals surface area contributed by atoms with Gasteiger partial charge in [0, 0.05) is 16.1 Å². The third-order valence-electron chi connectivity index (χ3n) is 3.88. The van der Waals surface area contributed by atoms with Crippen LogP contribution in [0.3, 0.4) is 0 Å². The van der Waals surface area contributed by atoms with Gasteiger partial charge in [-0.15, -0.1) is 16.6 Å². The molecule has 0 aliphatic carbocycles. The van der Waals surface area contributed by atoms with E-state index in [4.69, 9.17) is 28.5 Å². The van der Waals surface area contributed by atoms with Gasteiger partial charge in [0.05, 0.1) is 12.2 Å². The topological polar surface area (TPSA) is 83.0 Å². The molecule has 0 atom stereocenters. The van der Waals surface area contributed by atoms with Crippen LogP contribution in [-0.4, -0.2) is 27.2 Å². The molecule has 0 saturated carbocycles. The number of carbonyl (C=O) groups excluding carboxylic acids is 1. The van der Waals surface area contributed by atoms with Crippen LogP contribution in [0.15, 0.2) is 48.5 Å². The minimum atomic E-state index is -0.166. The number of hydrogen-bond acceptors (Lipinski definition) is 5. The molecule has 3 aromatic rings. The van der Waals surface area contributed by atoms with Crippen LogP contribution in [0.2, 0.25) is 5.02 Å². The van der Waals surface area contributed by atoms with Gasteiger partial charge in [0.2, 0.25) is 0 Å². The Morgan fingerprint density at radius 1 is 1.19 bits per heavy atom. The highest BCUT2D eigenvalue weighted by Gasteiger charge is 2.20. The SMILES string of the molecule is C#CCOCc1nnc(CN)n1-c1ccc(Cl)cc1C(=O)c1ccccc1. The standard InChI is InChI=1S/C20H17ClN4O2/c1-2-10-27-13-19-24-23-18(12-22)25(19)17-9-8-15(21)11-16(17)20(26)14-6-4-3-5-7-14/h1,3-9,11H,10,12-13,22H2. The molecule has 6 nitrogen and oxygen atoms in total. The van der Waals surface area contributed by atoms with Gasteiger partial charge in [0.15, 0.2) is 17.4 Å². The minimum absolute atomic E-state index is 0.138. The molecule has 0 bridgehead atoms. The Balaban J connectivity index is 2.12. The second kappa shape index (κ2) is 8.60. The van der Waals surface area contributed by atoms with Gasteiger partial charge < -0.3 is 10.5 Å². The monoisotopic (exact) mass is 380 g/mol. The van der Waals surface area contributed by atoms with Crippen LogP contribution in [0.1, 0.15) is 27.6 Å². The first-order valence-corrected chi connectivity index (χ1v) is 8.57. The van der Waals surface area contributed by atoms with E-state index in [1.165, 1.54) is 0 Å². The van der Waals surface area contributed by atoms with Crippen molar-refractivity contribution in [2.45, 2.75) is 13.2 Å². The third-order valence-corrected chi connectivity index (χ3v) is 4.11. The van der Waals surface area contributed by atoms with Gasteiger partial charge >= 0.3 is 0 Å². The summed E-state index contributed by atoms with van der Waals surface area (Å²) in [5.41, 5.74) is 7.36. The van der Waals surface area contributed by atoms with Crippen molar-refractivity contribution in [2.75, 3.05) is 6.61 Å². The number of nitrogens with zero attached hydrogens (tertiary/aromatic N) is 3. The summed E-state index contributed by atoms with van der Waals surface area (Å²) in [6.07, 6.45) is 5.22. The predicted octanol–water partition coefficient (Wildman–Crippen LogP) is 2.76. The fourth-order valence-corrected chi connectivity index (χ4v) is 2.86. The fourth-order valence-electron chi connectivity index (χ4n) is 2.69. The number of carbonyl (C=O) groups is 1. The van der Waals surface area contributed by atoms with E-state index in [9.17, 15) is 4.79 Å². The number of halogens is 1. The first-order valence-electron chi connectivity index (χ1n) is 8.19. The molecule has 0 aliphatic heterocycles. The van der Waals surface area contributed by atoms with Crippen molar-refractivity contribution in [3.63, 3.8) is 0 Å². The van der Waals surface area contributed by atoms with Gasteiger partial charge in [-0.1, -0.05) is 47.9 Å². The second-order valence-electron chi connectivity index (χ2n) is 5.63. The van der Waals surface area contributed by atoms with Crippen LogP contribution in [-0.2, 0) is 17.9 Å². The van der Waals surface area contributed by atoms with Gasteiger partial charge in [0.25, 0.3) is 0 Å². The number of aromatic nitrogens is 3. The van der Waals surface area contributed by atoms with E-state index >= 15 is 0 Å². The number of benzene rings is 2. The largest absolute Gasteiger partial charge is 0.361 e. The van der Waals surface area contributed by atoms with E-state index in [2.05, 4.69) is 16.1 Å². The molecule has 0 radical (unpaired) electrons. The van der Waals surface area contributed by atoms with Crippen molar-refractivity contribution in [3.8, 4) is 18.0 Å². The van der Waals surface area contributed by atoms with Gasteiger partial charge in [-0.2, -0.15) is 0 Å². The minimum Gasteiger partial charge on any atom is -0.361 e. The molecule has 7 heteroatoms. The Morgan fingerprint density at radius 2 is 1.93 bits per heavy atom. The molecule has 0 aliphatic rings. The number of ether oxygens (including phenoxy) is 1. The Morgan fingerprint density at radius 3 is 2.63 bits per heavy atom. The molecule has 0 amide bonds. The van der Waals surface area contributed by atoms with E-state index in [1.807, 2.05) is 6.07 Å². The first kappa shape index (κ1) is 18.8. The number of rotatable bonds is 7. The average molecular weight is 381 g/mol. The van der Waals surface area contributed by atoms with E-state index in [1.54, 1.807) is 47.0 Å². The zero-order chi connectivity index (χ0) is 19.2. The van der Waals surface area contributed by atoms with Crippen LogP contribution >= 0.6 is 11.6 Å². The fraction of sp³-hybridized carbons (Fsp3) is 0.150. The molecule has 136 valence electrons. The Bertz CT molecular complexity index is 993. The summed E-state index contributed by atoms with van der Waals surface area (Å²) in [5.74, 6) is 3.23. The van der Waals surface area contributed by atoms with Gasteiger partial charge in [-0.25, -0.2) is 0 Å². The summed E-state index contributed by atoms with van der Waals surface area (Å²) in [7, 11) is 0. The quantitative estimate of drug-likeness (QED) is 0.387. The molecule has 3 rings (SSSR count).